The van der Waals surface area contributed by atoms with E-state index >= 15 is 0 Å². The molecule has 0 amide bonds. The molecule has 0 radical (unpaired) electrons. The Kier molecular flexibility index (Phi) is 5.20. The maximum absolute atomic E-state index is 6.18. The van der Waals surface area contributed by atoms with Crippen molar-refractivity contribution in [2.75, 3.05) is 17.2 Å². The number of aryl methyl sites for hydroxylation is 1. The lowest BCUT2D eigenvalue weighted by Gasteiger charge is -2.12. The van der Waals surface area contributed by atoms with E-state index < -0.39 is 0 Å². The van der Waals surface area contributed by atoms with Gasteiger partial charge >= 0.3 is 0 Å². The van der Waals surface area contributed by atoms with Gasteiger partial charge in [-0.3, -0.25) is 0 Å². The van der Waals surface area contributed by atoms with Gasteiger partial charge in [-0.15, -0.1) is 0 Å². The van der Waals surface area contributed by atoms with Gasteiger partial charge in [0.25, 0.3) is 0 Å². The Balaban J connectivity index is 2.25. The molecule has 0 unspecified atom stereocenters. The summed E-state index contributed by atoms with van der Waals surface area (Å²) in [4.78, 5) is 8.72. The molecule has 0 saturated heterocycles. The minimum absolute atomic E-state index is 0.617. The van der Waals surface area contributed by atoms with Crippen LogP contribution < -0.4 is 10.6 Å². The van der Waals surface area contributed by atoms with Gasteiger partial charge in [0, 0.05) is 22.8 Å². The van der Waals surface area contributed by atoms with Crippen molar-refractivity contribution in [1.82, 2.24) is 9.97 Å². The molecule has 1 aromatic carbocycles. The molecule has 20 heavy (non-hydrogen) atoms. The summed E-state index contributed by atoms with van der Waals surface area (Å²) in [6, 6.07) is 5.65. The van der Waals surface area contributed by atoms with Gasteiger partial charge in [0.1, 0.15) is 5.82 Å². The molecule has 2 rings (SSSR count). The fourth-order valence-corrected chi connectivity index (χ4v) is 2.14. The van der Waals surface area contributed by atoms with E-state index in [1.165, 1.54) is 0 Å². The number of nitrogens with one attached hydrogen (secondary N) is 2. The molecule has 106 valence electrons. The topological polar surface area (TPSA) is 49.8 Å². The second-order valence-electron chi connectivity index (χ2n) is 4.40. The van der Waals surface area contributed by atoms with Gasteiger partial charge in [0.05, 0.1) is 10.7 Å². The van der Waals surface area contributed by atoms with E-state index in [0.29, 0.717) is 11.0 Å². The average Bonchev–Trinajstić information content (AvgIpc) is 2.43. The zero-order chi connectivity index (χ0) is 14.5. The average molecular weight is 356 g/mol. The predicted molar refractivity (Wildman–Crippen MR) is 88.0 cm³/mol. The van der Waals surface area contributed by atoms with Crippen LogP contribution in [0.2, 0.25) is 5.02 Å². The zero-order valence-corrected chi connectivity index (χ0v) is 13.7. The van der Waals surface area contributed by atoms with Gasteiger partial charge < -0.3 is 10.6 Å². The van der Waals surface area contributed by atoms with E-state index in [-0.39, 0.29) is 0 Å². The summed E-state index contributed by atoms with van der Waals surface area (Å²) < 4.78 is 0.959. The molecular formula is C14H16BrClN4. The second kappa shape index (κ2) is 6.90. The lowest BCUT2D eigenvalue weighted by molar-refractivity contribution is 0.950. The quantitative estimate of drug-likeness (QED) is 0.811. The minimum Gasteiger partial charge on any atom is -0.354 e. The molecule has 0 atom stereocenters. The third-order valence-corrected chi connectivity index (χ3v) is 3.51. The monoisotopic (exact) mass is 354 g/mol. The van der Waals surface area contributed by atoms with E-state index in [1.807, 2.05) is 25.1 Å². The first-order valence-electron chi connectivity index (χ1n) is 6.39. The Bertz CT molecular complexity index is 604. The molecule has 2 aromatic rings. The molecule has 2 N–H and O–H groups in total. The minimum atomic E-state index is 0.617. The summed E-state index contributed by atoms with van der Waals surface area (Å²) in [5, 5.41) is 7.06. The molecule has 0 aliphatic heterocycles. The van der Waals surface area contributed by atoms with Gasteiger partial charge in [-0.2, -0.15) is 4.98 Å². The van der Waals surface area contributed by atoms with Crippen LogP contribution >= 0.6 is 27.5 Å². The molecule has 0 bridgehead atoms. The van der Waals surface area contributed by atoms with Crippen LogP contribution in [0.25, 0.3) is 0 Å². The summed E-state index contributed by atoms with van der Waals surface area (Å²) in [5.74, 6) is 1.37. The van der Waals surface area contributed by atoms with E-state index in [0.717, 1.165) is 34.5 Å². The normalized spacial score (nSPS) is 10.4. The van der Waals surface area contributed by atoms with Gasteiger partial charge in [-0.05, 0) is 31.5 Å². The first-order valence-corrected chi connectivity index (χ1v) is 7.57. The highest BCUT2D eigenvalue weighted by Crippen LogP contribution is 2.29. The molecule has 4 nitrogen and oxygen atoms in total. The van der Waals surface area contributed by atoms with Crippen molar-refractivity contribution >= 4 is 45.0 Å². The van der Waals surface area contributed by atoms with Crippen LogP contribution in [0, 0.1) is 6.92 Å². The van der Waals surface area contributed by atoms with E-state index in [9.17, 15) is 0 Å². The number of rotatable bonds is 5. The van der Waals surface area contributed by atoms with Crippen molar-refractivity contribution in [2.24, 2.45) is 0 Å². The first-order chi connectivity index (χ1) is 9.60. The van der Waals surface area contributed by atoms with Crippen LogP contribution in [-0.4, -0.2) is 16.5 Å². The Morgan fingerprint density at radius 1 is 1.35 bits per heavy atom. The van der Waals surface area contributed by atoms with E-state index in [2.05, 4.69) is 43.5 Å². The largest absolute Gasteiger partial charge is 0.354 e. The number of nitrogens with zero attached hydrogens (tertiary/aromatic N) is 2. The fraction of sp³-hybridized carbons (Fsp3) is 0.286. The molecule has 0 aliphatic carbocycles. The summed E-state index contributed by atoms with van der Waals surface area (Å²) in [7, 11) is 0. The van der Waals surface area contributed by atoms with Crippen LogP contribution in [-0.2, 0) is 0 Å². The number of anilines is 3. The van der Waals surface area contributed by atoms with Crippen LogP contribution in [0.5, 0.6) is 0 Å². The molecule has 0 fully saturated rings. The number of hydrogen-bond donors (Lipinski definition) is 2. The van der Waals surface area contributed by atoms with Crippen molar-refractivity contribution < 1.29 is 0 Å². The van der Waals surface area contributed by atoms with Crippen LogP contribution in [0.4, 0.5) is 17.5 Å². The highest BCUT2D eigenvalue weighted by atomic mass is 79.9. The highest BCUT2D eigenvalue weighted by Gasteiger charge is 2.07. The second-order valence-corrected chi connectivity index (χ2v) is 5.72. The fourth-order valence-electron chi connectivity index (χ4n) is 1.61. The predicted octanol–water partition coefficient (Wildman–Crippen LogP) is 4.77. The van der Waals surface area contributed by atoms with Gasteiger partial charge in [0.2, 0.25) is 5.95 Å². The van der Waals surface area contributed by atoms with Crippen molar-refractivity contribution in [3.63, 3.8) is 0 Å². The Morgan fingerprint density at radius 3 is 2.90 bits per heavy atom. The van der Waals surface area contributed by atoms with Crippen molar-refractivity contribution in [2.45, 2.75) is 20.3 Å². The third-order valence-electron chi connectivity index (χ3n) is 2.69. The molecule has 0 spiro atoms. The number of halogens is 2. The first kappa shape index (κ1) is 15.1. The summed E-state index contributed by atoms with van der Waals surface area (Å²) >= 11 is 9.61. The van der Waals surface area contributed by atoms with Crippen molar-refractivity contribution in [3.05, 3.63) is 39.5 Å². The maximum atomic E-state index is 6.18. The maximum Gasteiger partial charge on any atom is 0.224 e. The standard InChI is InChI=1S/C14H16BrClN4/c1-3-6-17-14-18-8-9(2)13(20-14)19-12-7-10(15)4-5-11(12)16/h4-5,7-8H,3,6H2,1-2H3,(H2,17,18,19,20). The highest BCUT2D eigenvalue weighted by molar-refractivity contribution is 9.10. The Labute approximate surface area is 132 Å². The Morgan fingerprint density at radius 2 is 2.15 bits per heavy atom. The lowest BCUT2D eigenvalue weighted by atomic mass is 10.3. The molecule has 1 aromatic heterocycles. The molecule has 1 heterocycles. The van der Waals surface area contributed by atoms with Crippen LogP contribution in [0.15, 0.2) is 28.9 Å². The summed E-state index contributed by atoms with van der Waals surface area (Å²) in [5.41, 5.74) is 1.77. The van der Waals surface area contributed by atoms with Gasteiger partial charge in [0.15, 0.2) is 0 Å². The number of hydrogen-bond acceptors (Lipinski definition) is 4. The zero-order valence-electron chi connectivity index (χ0n) is 11.4. The van der Waals surface area contributed by atoms with Crippen LogP contribution in [0.1, 0.15) is 18.9 Å². The van der Waals surface area contributed by atoms with Crippen molar-refractivity contribution in [3.8, 4) is 0 Å². The lowest BCUT2D eigenvalue weighted by Crippen LogP contribution is -2.07. The smallest absolute Gasteiger partial charge is 0.224 e. The van der Waals surface area contributed by atoms with Gasteiger partial charge in [-0.1, -0.05) is 34.5 Å². The Hall–Kier alpha value is -1.33. The summed E-state index contributed by atoms with van der Waals surface area (Å²) in [6.07, 6.45) is 2.82. The SMILES string of the molecule is CCCNc1ncc(C)c(Nc2cc(Br)ccc2Cl)n1. The molecule has 0 saturated carbocycles. The molecular weight excluding hydrogens is 340 g/mol. The third kappa shape index (κ3) is 3.84. The number of benzene rings is 1. The molecule has 6 heteroatoms. The molecule has 0 aliphatic rings. The van der Waals surface area contributed by atoms with Crippen molar-refractivity contribution in [1.29, 1.82) is 0 Å². The van der Waals surface area contributed by atoms with Gasteiger partial charge in [-0.25, -0.2) is 4.98 Å². The van der Waals surface area contributed by atoms with E-state index in [4.69, 9.17) is 11.6 Å². The van der Waals surface area contributed by atoms with E-state index in [1.54, 1.807) is 6.20 Å². The summed E-state index contributed by atoms with van der Waals surface area (Å²) in [6.45, 7) is 4.90. The van der Waals surface area contributed by atoms with Crippen LogP contribution in [0.3, 0.4) is 0 Å². The number of aromatic nitrogens is 2.